The van der Waals surface area contributed by atoms with Crippen LogP contribution in [0.3, 0.4) is 0 Å². The standard InChI is InChI=1S/C49H57F6N7O8/c1-31(69-29-45-13-11-36(12-14-45)70-30-45)39(42(65)59-19-17-58(18-20-59)22-32-7-9-35(10-8-32)48(50,51)52)57-40(63)38-25-60(26-46(38)27-61(28-46)44(67)47(15-16-47)49(53,54)55)41(64)34-21-56-62(24-34)23-33-5-3-4-6-37(33)43(66)68-2/h3-10,21,24,31,36,38-39H,11-20,22-23,25-30H2,1-2H3,(H,57,63)/t31-,36?,38+,39+,45?/m1/s1. The number of hydrogen-bond acceptors (Lipinski definition) is 10. The molecule has 21 heteroatoms. The minimum atomic E-state index is -4.75. The highest BCUT2D eigenvalue weighted by Gasteiger charge is 2.72. The van der Waals surface area contributed by atoms with Crippen LogP contribution in [0.25, 0.3) is 0 Å². The number of piperazine rings is 1. The van der Waals surface area contributed by atoms with Crippen LogP contribution < -0.4 is 5.32 Å². The maximum Gasteiger partial charge on any atom is 0.416 e. The summed E-state index contributed by atoms with van der Waals surface area (Å²) < 4.78 is 101. The molecule has 3 atom stereocenters. The number of hydrogen-bond donors (Lipinski definition) is 1. The van der Waals surface area contributed by atoms with Crippen molar-refractivity contribution in [3.63, 3.8) is 0 Å². The van der Waals surface area contributed by atoms with Crippen LogP contribution in [0.4, 0.5) is 26.3 Å². The second kappa shape index (κ2) is 18.9. The number of fused-ring (bicyclic) bond motifs is 3. The maximum atomic E-state index is 14.9. The smallest absolute Gasteiger partial charge is 0.416 e. The fraction of sp³-hybridized carbons (Fsp3) is 0.592. The van der Waals surface area contributed by atoms with Gasteiger partial charge in [-0.1, -0.05) is 30.3 Å². The summed E-state index contributed by atoms with van der Waals surface area (Å²) in [5, 5.41) is 7.31. The minimum Gasteiger partial charge on any atom is -0.465 e. The minimum absolute atomic E-state index is 0.0713. The first-order chi connectivity index (χ1) is 33.2. The molecule has 2 saturated carbocycles. The summed E-state index contributed by atoms with van der Waals surface area (Å²) in [4.78, 5) is 75.9. The summed E-state index contributed by atoms with van der Waals surface area (Å²) in [5.41, 5.74) is -2.89. The molecule has 7 aliphatic rings. The predicted molar refractivity (Wildman–Crippen MR) is 237 cm³/mol. The highest BCUT2D eigenvalue weighted by Crippen LogP contribution is 2.60. The van der Waals surface area contributed by atoms with Gasteiger partial charge in [0.15, 0.2) is 0 Å². The van der Waals surface area contributed by atoms with Crippen molar-refractivity contribution in [1.82, 2.24) is 34.7 Å². The Labute approximate surface area is 400 Å². The van der Waals surface area contributed by atoms with Crippen LogP contribution in [0.1, 0.15) is 82.9 Å². The average Bonchev–Trinajstić information content (AvgIpc) is 3.89. The summed E-state index contributed by atoms with van der Waals surface area (Å²) in [6.45, 7) is 3.55. The van der Waals surface area contributed by atoms with Crippen molar-refractivity contribution in [1.29, 1.82) is 0 Å². The second-order valence-electron chi connectivity index (χ2n) is 20.2. The molecular weight excluding hydrogens is 929 g/mol. The molecule has 5 saturated heterocycles. The Bertz CT molecular complexity index is 2440. The van der Waals surface area contributed by atoms with Crippen LogP contribution in [0.5, 0.6) is 0 Å². The highest BCUT2D eigenvalue weighted by molar-refractivity contribution is 5.96. The molecule has 10 rings (SSSR count). The zero-order chi connectivity index (χ0) is 49.8. The normalized spacial score (nSPS) is 24.8. The topological polar surface area (TPSA) is 156 Å². The zero-order valence-corrected chi connectivity index (χ0v) is 39.0. The molecule has 0 radical (unpaired) electrons. The summed E-state index contributed by atoms with van der Waals surface area (Å²) in [7, 11) is 1.27. The Kier molecular flexibility index (Phi) is 13.3. The first kappa shape index (κ1) is 49.4. The third-order valence-corrected chi connectivity index (χ3v) is 15.6. The molecule has 7 fully saturated rings. The van der Waals surface area contributed by atoms with Gasteiger partial charge in [0.1, 0.15) is 11.5 Å². The lowest BCUT2D eigenvalue weighted by molar-refractivity contribution is -0.205. The fourth-order valence-corrected chi connectivity index (χ4v) is 11.0. The summed E-state index contributed by atoms with van der Waals surface area (Å²) in [6.07, 6.45) is -4.14. The van der Waals surface area contributed by atoms with Gasteiger partial charge >= 0.3 is 18.3 Å². The van der Waals surface area contributed by atoms with Crippen LogP contribution in [-0.2, 0) is 47.9 Å². The molecule has 1 aromatic heterocycles. The Balaban J connectivity index is 0.931. The summed E-state index contributed by atoms with van der Waals surface area (Å²) in [5.74, 6) is -4.21. The molecule has 1 N–H and O–H groups in total. The number of aromatic nitrogens is 2. The van der Waals surface area contributed by atoms with Gasteiger partial charge in [0.05, 0.1) is 67.9 Å². The molecule has 0 unspecified atom stereocenters. The molecule has 70 heavy (non-hydrogen) atoms. The lowest BCUT2D eigenvalue weighted by Gasteiger charge is -2.51. The largest absolute Gasteiger partial charge is 0.465 e. The molecule has 15 nitrogen and oxygen atoms in total. The van der Waals surface area contributed by atoms with E-state index in [0.717, 1.165) is 42.7 Å². The molecule has 6 heterocycles. The molecule has 1 spiro atoms. The van der Waals surface area contributed by atoms with Crippen molar-refractivity contribution in [2.24, 2.45) is 22.2 Å². The van der Waals surface area contributed by atoms with Gasteiger partial charge in [-0.2, -0.15) is 31.4 Å². The molecular formula is C49H57F6N7O8. The third kappa shape index (κ3) is 9.76. The van der Waals surface area contributed by atoms with Crippen molar-refractivity contribution in [3.05, 3.63) is 88.7 Å². The maximum absolute atomic E-state index is 14.9. The van der Waals surface area contributed by atoms with E-state index in [4.69, 9.17) is 14.2 Å². The molecule has 2 aromatic carbocycles. The van der Waals surface area contributed by atoms with Crippen LogP contribution >= 0.6 is 0 Å². The van der Waals surface area contributed by atoms with Gasteiger partial charge in [-0.3, -0.25) is 28.8 Å². The number of likely N-dealkylation sites (tertiary alicyclic amines) is 2. The lowest BCUT2D eigenvalue weighted by atomic mass is 9.70. The van der Waals surface area contributed by atoms with E-state index in [0.29, 0.717) is 42.9 Å². The first-order valence-electron chi connectivity index (χ1n) is 23.8. The Morgan fingerprint density at radius 2 is 1.53 bits per heavy atom. The molecule has 2 aliphatic carbocycles. The monoisotopic (exact) mass is 985 g/mol. The second-order valence-corrected chi connectivity index (χ2v) is 20.2. The van der Waals surface area contributed by atoms with Gasteiger partial charge in [0.25, 0.3) is 5.91 Å². The first-order valence-corrected chi connectivity index (χ1v) is 23.8. The number of methoxy groups -OCH3 is 1. The SMILES string of the molecule is COC(=O)c1ccccc1Cn1cc(C(=O)N2C[C@@H](C(=O)N[C@H](C(=O)N3CCN(Cc4ccc(C(F)(F)F)cc4)CC3)[C@@H](C)OCC34CCC(CC3)OC4)C3(C2)CN(C(=O)C2(C(F)(F)F)CC2)C3)cn1. The van der Waals surface area contributed by atoms with Gasteiger partial charge in [-0.05, 0) is 74.8 Å². The zero-order valence-electron chi connectivity index (χ0n) is 39.0. The van der Waals surface area contributed by atoms with Gasteiger partial charge in [-0.15, -0.1) is 0 Å². The number of nitrogens with zero attached hydrogens (tertiary/aromatic N) is 6. The lowest BCUT2D eigenvalue weighted by Crippen LogP contribution is -2.67. The number of halogens is 6. The van der Waals surface area contributed by atoms with E-state index < -0.39 is 76.4 Å². The number of nitrogens with one attached hydrogen (secondary N) is 1. The number of ether oxygens (including phenoxy) is 3. The van der Waals surface area contributed by atoms with E-state index in [2.05, 4.69) is 10.4 Å². The quantitative estimate of drug-likeness (QED) is 0.169. The Morgan fingerprint density at radius 3 is 2.14 bits per heavy atom. The number of carbonyl (C=O) groups excluding carboxylic acids is 5. The molecule has 5 aliphatic heterocycles. The summed E-state index contributed by atoms with van der Waals surface area (Å²) in [6, 6.07) is 10.5. The molecule has 4 amide bonds. The molecule has 378 valence electrons. The van der Waals surface area contributed by atoms with Gasteiger partial charge in [0.2, 0.25) is 17.7 Å². The highest BCUT2D eigenvalue weighted by atomic mass is 19.4. The summed E-state index contributed by atoms with van der Waals surface area (Å²) >= 11 is 0. The Hall–Kier alpha value is -5.54. The fourth-order valence-electron chi connectivity index (χ4n) is 11.0. The van der Waals surface area contributed by atoms with Crippen molar-refractivity contribution >= 4 is 29.6 Å². The van der Waals surface area contributed by atoms with E-state index in [9.17, 15) is 50.3 Å². The van der Waals surface area contributed by atoms with Crippen LogP contribution in [0.15, 0.2) is 60.9 Å². The molecule has 3 aromatic rings. The van der Waals surface area contributed by atoms with E-state index in [1.54, 1.807) is 36.1 Å². The van der Waals surface area contributed by atoms with Crippen molar-refractivity contribution in [2.45, 2.75) is 89.1 Å². The predicted octanol–water partition coefficient (Wildman–Crippen LogP) is 5.17. The average molecular weight is 986 g/mol. The third-order valence-electron chi connectivity index (χ3n) is 15.6. The number of alkyl halides is 6. The van der Waals surface area contributed by atoms with Crippen molar-refractivity contribution < 1.29 is 64.5 Å². The van der Waals surface area contributed by atoms with Crippen LogP contribution in [0.2, 0.25) is 0 Å². The number of esters is 1. The van der Waals surface area contributed by atoms with E-state index in [1.807, 2.05) is 4.90 Å². The van der Waals surface area contributed by atoms with E-state index in [1.165, 1.54) is 41.2 Å². The van der Waals surface area contributed by atoms with E-state index in [-0.39, 0.29) is 82.3 Å². The van der Waals surface area contributed by atoms with Crippen molar-refractivity contribution in [3.8, 4) is 0 Å². The number of rotatable bonds is 14. The number of benzene rings is 2. The Morgan fingerprint density at radius 1 is 0.857 bits per heavy atom. The van der Waals surface area contributed by atoms with Crippen LogP contribution in [0, 0.1) is 22.2 Å². The van der Waals surface area contributed by atoms with Crippen LogP contribution in [-0.4, -0.2) is 156 Å². The van der Waals surface area contributed by atoms with Gasteiger partial charge in [-0.25, -0.2) is 4.79 Å². The van der Waals surface area contributed by atoms with Gasteiger partial charge < -0.3 is 34.2 Å². The number of amides is 4. The van der Waals surface area contributed by atoms with Gasteiger partial charge in [0, 0.05) is 75.9 Å². The van der Waals surface area contributed by atoms with E-state index >= 15 is 0 Å². The number of carbonyl (C=O) groups is 5. The van der Waals surface area contributed by atoms with Crippen molar-refractivity contribution in [2.75, 3.05) is 72.7 Å². The molecule has 2 bridgehead atoms.